The molecule has 1 nitrogen and oxygen atoms in total. The summed E-state index contributed by atoms with van der Waals surface area (Å²) in [7, 11) is 0. The summed E-state index contributed by atoms with van der Waals surface area (Å²) in [6.45, 7) is 3.72. The number of nitrogens with two attached hydrogens (primary N) is 1. The molecule has 104 valence electrons. The van der Waals surface area contributed by atoms with Gasteiger partial charge in [0, 0.05) is 6.04 Å². The molecule has 0 radical (unpaired) electrons. The summed E-state index contributed by atoms with van der Waals surface area (Å²) in [4.78, 5) is 0. The standard InChI is InChI=1S/C17H24FN/c1-4-5-13(2)12-14-6-7-17(15(14)19)10-8-16(3,18)9-11-17/h1,5,12,15H,6-11,19H2,2-3H3/b13-5-,14-12+. The Bertz CT molecular complexity index is 440. The molecule has 2 saturated carbocycles. The van der Waals surface area contributed by atoms with Crippen LogP contribution in [0, 0.1) is 17.8 Å². The third-order valence-electron chi connectivity index (χ3n) is 4.98. The SMILES string of the molecule is C#C/C=C(C)\C=C1/CCC2(CCC(C)(F)CC2)C1N. The first-order valence-corrected chi connectivity index (χ1v) is 7.16. The smallest absolute Gasteiger partial charge is 0.108 e. The molecule has 1 unspecified atom stereocenters. The Morgan fingerprint density at radius 2 is 2.00 bits per heavy atom. The number of allylic oxidation sites excluding steroid dienone is 3. The zero-order chi connectivity index (χ0) is 14.1. The second kappa shape index (κ2) is 5.13. The average molecular weight is 261 g/mol. The molecular weight excluding hydrogens is 237 g/mol. The summed E-state index contributed by atoms with van der Waals surface area (Å²) in [5.41, 5.74) is 7.96. The fourth-order valence-corrected chi connectivity index (χ4v) is 3.56. The highest BCUT2D eigenvalue weighted by molar-refractivity contribution is 5.33. The predicted octanol–water partition coefficient (Wildman–Crippen LogP) is 3.90. The largest absolute Gasteiger partial charge is 0.324 e. The van der Waals surface area contributed by atoms with Crippen molar-refractivity contribution in [2.24, 2.45) is 11.1 Å². The maximum atomic E-state index is 14.0. The Morgan fingerprint density at radius 1 is 1.37 bits per heavy atom. The van der Waals surface area contributed by atoms with Gasteiger partial charge in [-0.2, -0.15) is 0 Å². The molecule has 2 N–H and O–H groups in total. The van der Waals surface area contributed by atoms with Crippen molar-refractivity contribution >= 4 is 0 Å². The molecular formula is C17H24FN. The van der Waals surface area contributed by atoms with Gasteiger partial charge < -0.3 is 5.73 Å². The topological polar surface area (TPSA) is 26.0 Å². The van der Waals surface area contributed by atoms with Gasteiger partial charge in [0.25, 0.3) is 0 Å². The Kier molecular flexibility index (Phi) is 3.87. The van der Waals surface area contributed by atoms with E-state index in [-0.39, 0.29) is 11.5 Å². The van der Waals surface area contributed by atoms with Crippen LogP contribution >= 0.6 is 0 Å². The highest BCUT2D eigenvalue weighted by Gasteiger charge is 2.48. The zero-order valence-electron chi connectivity index (χ0n) is 12.0. The number of hydrogen-bond donors (Lipinski definition) is 1. The van der Waals surface area contributed by atoms with Crippen LogP contribution in [0.1, 0.15) is 52.4 Å². The molecule has 0 saturated heterocycles. The van der Waals surface area contributed by atoms with Crippen molar-refractivity contribution in [3.05, 3.63) is 23.3 Å². The second-order valence-corrected chi connectivity index (χ2v) is 6.53. The number of halogens is 1. The fourth-order valence-electron chi connectivity index (χ4n) is 3.56. The van der Waals surface area contributed by atoms with Gasteiger partial charge in [0.2, 0.25) is 0 Å². The van der Waals surface area contributed by atoms with Gasteiger partial charge in [-0.05, 0) is 69.4 Å². The van der Waals surface area contributed by atoms with E-state index >= 15 is 0 Å². The van der Waals surface area contributed by atoms with Gasteiger partial charge in [-0.3, -0.25) is 0 Å². The maximum Gasteiger partial charge on any atom is 0.108 e. The van der Waals surface area contributed by atoms with Gasteiger partial charge >= 0.3 is 0 Å². The van der Waals surface area contributed by atoms with E-state index in [2.05, 4.69) is 12.0 Å². The van der Waals surface area contributed by atoms with Crippen molar-refractivity contribution in [2.75, 3.05) is 0 Å². The summed E-state index contributed by atoms with van der Waals surface area (Å²) in [6, 6.07) is 0.0738. The molecule has 2 aliphatic rings. The molecule has 2 rings (SSSR count). The summed E-state index contributed by atoms with van der Waals surface area (Å²) in [6.07, 6.45) is 14.4. The third-order valence-corrected chi connectivity index (χ3v) is 4.98. The minimum Gasteiger partial charge on any atom is -0.324 e. The molecule has 0 aromatic carbocycles. The Morgan fingerprint density at radius 3 is 2.58 bits per heavy atom. The van der Waals surface area contributed by atoms with E-state index in [1.54, 1.807) is 13.0 Å². The third kappa shape index (κ3) is 2.92. The fraction of sp³-hybridized carbons (Fsp3) is 0.647. The van der Waals surface area contributed by atoms with E-state index in [0.717, 1.165) is 31.3 Å². The number of alkyl halides is 1. The molecule has 1 spiro atoms. The zero-order valence-corrected chi connectivity index (χ0v) is 12.0. The number of terminal acetylenes is 1. The monoisotopic (exact) mass is 261 g/mol. The van der Waals surface area contributed by atoms with Crippen LogP contribution in [0.4, 0.5) is 4.39 Å². The van der Waals surface area contributed by atoms with Gasteiger partial charge in [0.15, 0.2) is 0 Å². The lowest BCUT2D eigenvalue weighted by atomic mass is 9.67. The molecule has 0 aromatic heterocycles. The second-order valence-electron chi connectivity index (χ2n) is 6.53. The maximum absolute atomic E-state index is 14.0. The molecule has 0 amide bonds. The van der Waals surface area contributed by atoms with Crippen molar-refractivity contribution in [3.63, 3.8) is 0 Å². The molecule has 19 heavy (non-hydrogen) atoms. The van der Waals surface area contributed by atoms with Gasteiger partial charge in [0.1, 0.15) is 5.67 Å². The van der Waals surface area contributed by atoms with Crippen molar-refractivity contribution in [2.45, 2.75) is 64.1 Å². The van der Waals surface area contributed by atoms with Crippen LogP contribution in [-0.4, -0.2) is 11.7 Å². The minimum atomic E-state index is -0.989. The summed E-state index contributed by atoms with van der Waals surface area (Å²) < 4.78 is 14.0. The summed E-state index contributed by atoms with van der Waals surface area (Å²) in [5.74, 6) is 2.54. The Hall–Kier alpha value is -1.07. The molecule has 0 aromatic rings. The van der Waals surface area contributed by atoms with E-state index < -0.39 is 5.67 Å². The van der Waals surface area contributed by atoms with Crippen molar-refractivity contribution in [1.82, 2.24) is 0 Å². The minimum absolute atomic E-state index is 0.0738. The van der Waals surface area contributed by atoms with Crippen molar-refractivity contribution < 1.29 is 4.39 Å². The van der Waals surface area contributed by atoms with Crippen LogP contribution in [0.15, 0.2) is 23.3 Å². The predicted molar refractivity (Wildman–Crippen MR) is 78.3 cm³/mol. The summed E-state index contributed by atoms with van der Waals surface area (Å²) >= 11 is 0. The Balaban J connectivity index is 2.13. The molecule has 2 fully saturated rings. The molecule has 1 atom stereocenters. The lowest BCUT2D eigenvalue weighted by Crippen LogP contribution is -2.43. The van der Waals surface area contributed by atoms with E-state index in [4.69, 9.17) is 12.2 Å². The first-order chi connectivity index (χ1) is 8.88. The van der Waals surface area contributed by atoms with Gasteiger partial charge in [0.05, 0.1) is 0 Å². The average Bonchev–Trinajstić information content (AvgIpc) is 2.63. The summed E-state index contributed by atoms with van der Waals surface area (Å²) in [5, 5.41) is 0. The lowest BCUT2D eigenvalue weighted by Gasteiger charge is -2.42. The van der Waals surface area contributed by atoms with Gasteiger partial charge in [-0.25, -0.2) is 4.39 Å². The van der Waals surface area contributed by atoms with Crippen LogP contribution in [0.25, 0.3) is 0 Å². The van der Waals surface area contributed by atoms with Crippen molar-refractivity contribution in [3.8, 4) is 12.3 Å². The van der Waals surface area contributed by atoms with E-state index in [0.29, 0.717) is 12.8 Å². The normalized spacial score (nSPS) is 41.7. The first kappa shape index (κ1) is 14.3. The van der Waals surface area contributed by atoms with Crippen LogP contribution < -0.4 is 5.73 Å². The van der Waals surface area contributed by atoms with Crippen LogP contribution in [0.5, 0.6) is 0 Å². The van der Waals surface area contributed by atoms with Crippen LogP contribution in [0.3, 0.4) is 0 Å². The molecule has 2 aliphatic carbocycles. The van der Waals surface area contributed by atoms with Crippen LogP contribution in [0.2, 0.25) is 0 Å². The van der Waals surface area contributed by atoms with Gasteiger partial charge in [-0.15, -0.1) is 6.42 Å². The van der Waals surface area contributed by atoms with Gasteiger partial charge in [-0.1, -0.05) is 17.6 Å². The molecule has 0 heterocycles. The van der Waals surface area contributed by atoms with E-state index in [1.165, 1.54) is 5.57 Å². The van der Waals surface area contributed by atoms with E-state index in [9.17, 15) is 4.39 Å². The first-order valence-electron chi connectivity index (χ1n) is 7.16. The highest BCUT2D eigenvalue weighted by Crippen LogP contribution is 2.53. The molecule has 2 heteroatoms. The molecule has 0 aliphatic heterocycles. The number of rotatable bonds is 1. The molecule has 0 bridgehead atoms. The highest BCUT2D eigenvalue weighted by atomic mass is 19.1. The Labute approximate surface area is 116 Å². The lowest BCUT2D eigenvalue weighted by molar-refractivity contribution is 0.0495. The van der Waals surface area contributed by atoms with Crippen molar-refractivity contribution in [1.29, 1.82) is 0 Å². The van der Waals surface area contributed by atoms with E-state index in [1.807, 2.05) is 6.92 Å². The van der Waals surface area contributed by atoms with Crippen LogP contribution in [-0.2, 0) is 0 Å². The quantitative estimate of drug-likeness (QED) is 0.712. The number of hydrogen-bond acceptors (Lipinski definition) is 1.